The Morgan fingerprint density at radius 3 is 2.67 bits per heavy atom. The maximum absolute atomic E-state index is 11.5. The molecule has 1 rings (SSSR count). The lowest BCUT2D eigenvalue weighted by atomic mass is 10.1. The van der Waals surface area contributed by atoms with Gasteiger partial charge in [-0.3, -0.25) is 9.79 Å². The summed E-state index contributed by atoms with van der Waals surface area (Å²) in [6.45, 7) is 8.44. The van der Waals surface area contributed by atoms with Crippen molar-refractivity contribution >= 4 is 11.7 Å². The molecule has 1 aliphatic heterocycles. The summed E-state index contributed by atoms with van der Waals surface area (Å²) in [4.78, 5) is 15.9. The molecule has 0 spiro atoms. The Hall–Kier alpha value is -0.900. The fraction of sp³-hybridized carbons (Fsp3) is 0.818. The third kappa shape index (κ3) is 2.78. The van der Waals surface area contributed by atoms with E-state index in [-0.39, 0.29) is 11.9 Å². The zero-order valence-electron chi connectivity index (χ0n) is 9.96. The van der Waals surface area contributed by atoms with E-state index in [1.165, 1.54) is 0 Å². The van der Waals surface area contributed by atoms with Crippen LogP contribution in [0.2, 0.25) is 0 Å². The average Bonchev–Trinajstić information content (AvgIpc) is 2.49. The van der Waals surface area contributed by atoms with Crippen LogP contribution in [0.5, 0.6) is 0 Å². The molecule has 1 aliphatic rings. The summed E-state index contributed by atoms with van der Waals surface area (Å²) in [6.07, 6.45) is 1.77. The van der Waals surface area contributed by atoms with Crippen LogP contribution in [0.25, 0.3) is 0 Å². The van der Waals surface area contributed by atoms with Gasteiger partial charge in [0.15, 0.2) is 0 Å². The van der Waals surface area contributed by atoms with E-state index in [1.807, 2.05) is 20.8 Å². The first-order valence-electron chi connectivity index (χ1n) is 5.54. The smallest absolute Gasteiger partial charge is 0.250 e. The third-order valence-electron chi connectivity index (χ3n) is 2.47. The van der Waals surface area contributed by atoms with Gasteiger partial charge in [0.25, 0.3) is 0 Å². The molecule has 4 nitrogen and oxygen atoms in total. The van der Waals surface area contributed by atoms with E-state index in [2.05, 4.69) is 17.2 Å². The highest BCUT2D eigenvalue weighted by Gasteiger charge is 2.34. The first-order valence-corrected chi connectivity index (χ1v) is 5.54. The topological polar surface area (TPSA) is 50.7 Å². The van der Waals surface area contributed by atoms with Gasteiger partial charge in [-0.2, -0.15) is 0 Å². The van der Waals surface area contributed by atoms with E-state index in [1.54, 1.807) is 0 Å². The minimum absolute atomic E-state index is 0.000344. The summed E-state index contributed by atoms with van der Waals surface area (Å²) in [5.74, 6) is 0.660. The van der Waals surface area contributed by atoms with Gasteiger partial charge in [-0.05, 0) is 27.2 Å². The van der Waals surface area contributed by atoms with Crippen LogP contribution in [0, 0.1) is 0 Å². The molecule has 0 radical (unpaired) electrons. The molecule has 1 atom stereocenters. The summed E-state index contributed by atoms with van der Waals surface area (Å²) in [5.41, 5.74) is -0.493. The highest BCUT2D eigenvalue weighted by atomic mass is 16.5. The van der Waals surface area contributed by atoms with Crippen LogP contribution < -0.4 is 5.32 Å². The van der Waals surface area contributed by atoms with E-state index >= 15 is 0 Å². The number of ether oxygens (including phenoxy) is 1. The van der Waals surface area contributed by atoms with Gasteiger partial charge >= 0.3 is 0 Å². The van der Waals surface area contributed by atoms with Gasteiger partial charge in [-0.15, -0.1) is 0 Å². The zero-order valence-corrected chi connectivity index (χ0v) is 9.96. The Balaban J connectivity index is 2.72. The van der Waals surface area contributed by atoms with Crippen LogP contribution in [0.15, 0.2) is 4.99 Å². The fourth-order valence-corrected chi connectivity index (χ4v) is 1.65. The van der Waals surface area contributed by atoms with Gasteiger partial charge in [-0.25, -0.2) is 0 Å². The van der Waals surface area contributed by atoms with Crippen LogP contribution in [0.3, 0.4) is 0 Å². The minimum Gasteiger partial charge on any atom is -0.368 e. The second-order valence-electron chi connectivity index (χ2n) is 4.21. The van der Waals surface area contributed by atoms with Crippen molar-refractivity contribution in [2.45, 2.75) is 52.2 Å². The summed E-state index contributed by atoms with van der Waals surface area (Å²) in [7, 11) is 0. The van der Waals surface area contributed by atoms with Crippen molar-refractivity contribution in [2.24, 2.45) is 4.99 Å². The van der Waals surface area contributed by atoms with E-state index < -0.39 is 5.60 Å². The number of nitrogens with one attached hydrogen (secondary N) is 1. The molecule has 0 bridgehead atoms. The maximum atomic E-state index is 11.5. The van der Waals surface area contributed by atoms with Crippen LogP contribution in [-0.2, 0) is 9.53 Å². The molecule has 1 heterocycles. The average molecular weight is 212 g/mol. The molecule has 86 valence electrons. The second kappa shape index (κ2) is 4.75. The number of carbonyl (C=O) groups excluding carboxylic acids is 1. The lowest BCUT2D eigenvalue weighted by Gasteiger charge is -2.24. The molecular formula is C11H20N2O2. The molecule has 0 fully saturated rings. The predicted octanol–water partition coefficient (Wildman–Crippen LogP) is 1.50. The normalized spacial score (nSPS) is 21.5. The Labute approximate surface area is 91.1 Å². The zero-order chi connectivity index (χ0) is 11.5. The van der Waals surface area contributed by atoms with Crippen LogP contribution >= 0.6 is 0 Å². The number of hydrogen-bond donors (Lipinski definition) is 1. The molecule has 4 heteroatoms. The lowest BCUT2D eigenvalue weighted by Crippen LogP contribution is -2.43. The number of carbonyl (C=O) groups is 1. The summed E-state index contributed by atoms with van der Waals surface area (Å²) < 4.78 is 5.54. The third-order valence-corrected chi connectivity index (χ3v) is 2.47. The fourth-order valence-electron chi connectivity index (χ4n) is 1.65. The SMILES string of the molecule is CCCC1N=C(C(C)(C)OCC)NC1=O. The Bertz CT molecular complexity index is 272. The Morgan fingerprint density at radius 2 is 2.13 bits per heavy atom. The van der Waals surface area contributed by atoms with E-state index in [9.17, 15) is 4.79 Å². The molecule has 1 unspecified atom stereocenters. The highest BCUT2D eigenvalue weighted by molar-refractivity contribution is 6.09. The number of aliphatic imine (C=N–C) groups is 1. The monoisotopic (exact) mass is 212 g/mol. The number of amidine groups is 1. The molecule has 0 aliphatic carbocycles. The summed E-state index contributed by atoms with van der Waals surface area (Å²) in [5, 5.41) is 2.80. The van der Waals surface area contributed by atoms with Crippen molar-refractivity contribution in [1.29, 1.82) is 0 Å². The van der Waals surface area contributed by atoms with Crippen LogP contribution in [0.1, 0.15) is 40.5 Å². The van der Waals surface area contributed by atoms with E-state index in [0.717, 1.165) is 12.8 Å². The van der Waals surface area contributed by atoms with Gasteiger partial charge < -0.3 is 10.1 Å². The molecule has 0 saturated carbocycles. The first kappa shape index (κ1) is 12.2. The van der Waals surface area contributed by atoms with Crippen LogP contribution in [-0.4, -0.2) is 30.0 Å². The van der Waals surface area contributed by atoms with E-state index in [0.29, 0.717) is 12.4 Å². The maximum Gasteiger partial charge on any atom is 0.250 e. The second-order valence-corrected chi connectivity index (χ2v) is 4.21. The van der Waals surface area contributed by atoms with E-state index in [4.69, 9.17) is 4.74 Å². The van der Waals surface area contributed by atoms with Crippen molar-refractivity contribution in [1.82, 2.24) is 5.32 Å². The Morgan fingerprint density at radius 1 is 1.47 bits per heavy atom. The number of nitrogens with zero attached hydrogens (tertiary/aromatic N) is 1. The van der Waals surface area contributed by atoms with Gasteiger partial charge in [0.2, 0.25) is 5.91 Å². The van der Waals surface area contributed by atoms with Crippen LogP contribution in [0.4, 0.5) is 0 Å². The minimum atomic E-state index is -0.493. The Kier molecular flexibility index (Phi) is 3.85. The highest BCUT2D eigenvalue weighted by Crippen LogP contribution is 2.17. The number of amides is 1. The van der Waals surface area contributed by atoms with Crippen molar-refractivity contribution in [2.75, 3.05) is 6.61 Å². The molecule has 0 aromatic rings. The number of hydrogen-bond acceptors (Lipinski definition) is 3. The van der Waals surface area contributed by atoms with Crippen molar-refractivity contribution in [3.63, 3.8) is 0 Å². The van der Waals surface area contributed by atoms with Gasteiger partial charge in [0.05, 0.1) is 0 Å². The van der Waals surface area contributed by atoms with Crippen molar-refractivity contribution < 1.29 is 9.53 Å². The van der Waals surface area contributed by atoms with Crippen molar-refractivity contribution in [3.05, 3.63) is 0 Å². The quantitative estimate of drug-likeness (QED) is 0.750. The molecule has 15 heavy (non-hydrogen) atoms. The van der Waals surface area contributed by atoms with Gasteiger partial charge in [0.1, 0.15) is 17.5 Å². The first-order chi connectivity index (χ1) is 7.01. The summed E-state index contributed by atoms with van der Waals surface area (Å²) >= 11 is 0. The molecule has 1 amide bonds. The standard InChI is InChI=1S/C11H20N2O2/c1-5-7-8-9(14)13-10(12-8)11(3,4)15-6-2/h8H,5-7H2,1-4H3,(H,12,13,14). The van der Waals surface area contributed by atoms with Gasteiger partial charge in [-0.1, -0.05) is 13.3 Å². The predicted molar refractivity (Wildman–Crippen MR) is 60.0 cm³/mol. The molecule has 0 aromatic carbocycles. The molecule has 0 saturated heterocycles. The molecule has 1 N–H and O–H groups in total. The molecular weight excluding hydrogens is 192 g/mol. The number of rotatable bonds is 5. The lowest BCUT2D eigenvalue weighted by molar-refractivity contribution is -0.120. The molecule has 0 aromatic heterocycles. The van der Waals surface area contributed by atoms with Gasteiger partial charge in [0, 0.05) is 6.61 Å². The largest absolute Gasteiger partial charge is 0.368 e. The summed E-state index contributed by atoms with van der Waals surface area (Å²) in [6, 6.07) is -0.218. The van der Waals surface area contributed by atoms with Crippen molar-refractivity contribution in [3.8, 4) is 0 Å².